The molecule has 0 spiro atoms. The first-order valence-corrected chi connectivity index (χ1v) is 7.59. The van der Waals surface area contributed by atoms with Gasteiger partial charge in [0.2, 0.25) is 5.91 Å². The lowest BCUT2D eigenvalue weighted by Crippen LogP contribution is -2.43. The molecule has 0 saturated heterocycles. The van der Waals surface area contributed by atoms with Crippen molar-refractivity contribution >= 4 is 27.9 Å². The standard InChI is InChI=1S/C14H17BrFN3O2/c15-10-1-4-12(16)9(7-10)5-6-17-14(21)18-8-13(20)19-11-2-3-11/h1,4,7,11H,2-3,5-6,8H2,(H,19,20)(H2,17,18,21). The lowest BCUT2D eigenvalue weighted by atomic mass is 10.1. The van der Waals surface area contributed by atoms with E-state index in [1.807, 2.05) is 0 Å². The van der Waals surface area contributed by atoms with Crippen molar-refractivity contribution < 1.29 is 14.0 Å². The summed E-state index contributed by atoms with van der Waals surface area (Å²) in [5.74, 6) is -0.491. The number of rotatable bonds is 6. The third kappa shape index (κ3) is 5.71. The molecule has 7 heteroatoms. The molecular formula is C14H17BrFN3O2. The number of halogens is 2. The van der Waals surface area contributed by atoms with Gasteiger partial charge in [0.25, 0.3) is 0 Å². The second kappa shape index (κ2) is 7.40. The first-order chi connectivity index (χ1) is 10.0. The molecular weight excluding hydrogens is 341 g/mol. The average molecular weight is 358 g/mol. The Bertz CT molecular complexity index is 535. The van der Waals surface area contributed by atoms with Crippen LogP contribution in [0.4, 0.5) is 9.18 Å². The molecule has 1 fully saturated rings. The summed E-state index contributed by atoms with van der Waals surface area (Å²) in [4.78, 5) is 22.9. The van der Waals surface area contributed by atoms with Crippen molar-refractivity contribution in [3.63, 3.8) is 0 Å². The molecule has 3 N–H and O–H groups in total. The fourth-order valence-electron chi connectivity index (χ4n) is 1.78. The van der Waals surface area contributed by atoms with E-state index in [0.29, 0.717) is 18.5 Å². The van der Waals surface area contributed by atoms with Crippen LogP contribution in [0.25, 0.3) is 0 Å². The van der Waals surface area contributed by atoms with Gasteiger partial charge in [0.05, 0.1) is 6.54 Å². The van der Waals surface area contributed by atoms with Crippen LogP contribution < -0.4 is 16.0 Å². The number of hydrogen-bond acceptors (Lipinski definition) is 2. The molecule has 0 aromatic heterocycles. The minimum Gasteiger partial charge on any atom is -0.352 e. The van der Waals surface area contributed by atoms with E-state index in [0.717, 1.165) is 17.3 Å². The Labute approximate surface area is 130 Å². The summed E-state index contributed by atoms with van der Waals surface area (Å²) in [6.45, 7) is 0.247. The lowest BCUT2D eigenvalue weighted by Gasteiger charge is -2.08. The van der Waals surface area contributed by atoms with Crippen LogP contribution in [0, 0.1) is 5.82 Å². The Morgan fingerprint density at radius 3 is 2.76 bits per heavy atom. The highest BCUT2D eigenvalue weighted by molar-refractivity contribution is 9.10. The van der Waals surface area contributed by atoms with Crippen molar-refractivity contribution in [3.05, 3.63) is 34.1 Å². The van der Waals surface area contributed by atoms with E-state index < -0.39 is 6.03 Å². The second-order valence-electron chi connectivity index (χ2n) is 4.94. The van der Waals surface area contributed by atoms with Crippen LogP contribution in [-0.2, 0) is 11.2 Å². The third-order valence-electron chi connectivity index (χ3n) is 3.04. The number of benzene rings is 1. The molecule has 0 bridgehead atoms. The van der Waals surface area contributed by atoms with Gasteiger partial charge in [-0.15, -0.1) is 0 Å². The highest BCUT2D eigenvalue weighted by Crippen LogP contribution is 2.18. The van der Waals surface area contributed by atoms with E-state index in [9.17, 15) is 14.0 Å². The van der Waals surface area contributed by atoms with Gasteiger partial charge in [0.1, 0.15) is 5.82 Å². The van der Waals surface area contributed by atoms with E-state index in [2.05, 4.69) is 31.9 Å². The van der Waals surface area contributed by atoms with Crippen molar-refractivity contribution in [2.45, 2.75) is 25.3 Å². The highest BCUT2D eigenvalue weighted by atomic mass is 79.9. The summed E-state index contributed by atoms with van der Waals surface area (Å²) in [5.41, 5.74) is 0.524. The molecule has 0 heterocycles. The van der Waals surface area contributed by atoms with Crippen molar-refractivity contribution in [3.8, 4) is 0 Å². The molecule has 2 rings (SSSR count). The zero-order chi connectivity index (χ0) is 15.2. The van der Waals surface area contributed by atoms with Gasteiger partial charge in [-0.05, 0) is 43.0 Å². The summed E-state index contributed by atoms with van der Waals surface area (Å²) < 4.78 is 14.3. The maximum atomic E-state index is 13.5. The molecule has 0 atom stereocenters. The molecule has 1 aromatic rings. The molecule has 21 heavy (non-hydrogen) atoms. The molecule has 0 aliphatic heterocycles. The van der Waals surface area contributed by atoms with Gasteiger partial charge in [0.15, 0.2) is 0 Å². The second-order valence-corrected chi connectivity index (χ2v) is 5.85. The van der Waals surface area contributed by atoms with Gasteiger partial charge in [-0.3, -0.25) is 4.79 Å². The van der Waals surface area contributed by atoms with E-state index in [4.69, 9.17) is 0 Å². The van der Waals surface area contributed by atoms with Gasteiger partial charge in [-0.1, -0.05) is 15.9 Å². The number of carbonyl (C=O) groups excluding carboxylic acids is 2. The van der Waals surface area contributed by atoms with E-state index >= 15 is 0 Å². The largest absolute Gasteiger partial charge is 0.352 e. The van der Waals surface area contributed by atoms with Gasteiger partial charge < -0.3 is 16.0 Å². The van der Waals surface area contributed by atoms with Crippen LogP contribution >= 0.6 is 15.9 Å². The molecule has 1 aromatic carbocycles. The Morgan fingerprint density at radius 2 is 2.05 bits per heavy atom. The number of nitrogens with one attached hydrogen (secondary N) is 3. The quantitative estimate of drug-likeness (QED) is 0.725. The van der Waals surface area contributed by atoms with Crippen molar-refractivity contribution in [2.75, 3.05) is 13.1 Å². The Hall–Kier alpha value is -1.63. The van der Waals surface area contributed by atoms with Crippen molar-refractivity contribution in [2.24, 2.45) is 0 Å². The van der Waals surface area contributed by atoms with Gasteiger partial charge in [0, 0.05) is 17.1 Å². The zero-order valence-corrected chi connectivity index (χ0v) is 13.0. The zero-order valence-electron chi connectivity index (χ0n) is 11.4. The monoisotopic (exact) mass is 357 g/mol. The first-order valence-electron chi connectivity index (χ1n) is 6.79. The molecule has 3 amide bonds. The predicted octanol–water partition coefficient (Wildman–Crippen LogP) is 1.71. The highest BCUT2D eigenvalue weighted by Gasteiger charge is 2.23. The normalized spacial score (nSPS) is 13.6. The number of hydrogen-bond donors (Lipinski definition) is 3. The van der Waals surface area contributed by atoms with Gasteiger partial charge in [-0.25, -0.2) is 9.18 Å². The summed E-state index contributed by atoms with van der Waals surface area (Å²) in [6, 6.07) is 4.52. The lowest BCUT2D eigenvalue weighted by molar-refractivity contribution is -0.120. The molecule has 1 aliphatic rings. The fourth-order valence-corrected chi connectivity index (χ4v) is 2.18. The smallest absolute Gasteiger partial charge is 0.315 e. The number of amides is 3. The Kier molecular flexibility index (Phi) is 5.55. The van der Waals surface area contributed by atoms with Gasteiger partial charge >= 0.3 is 6.03 Å². The summed E-state index contributed by atoms with van der Waals surface area (Å²) >= 11 is 3.27. The SMILES string of the molecule is O=C(CNC(=O)NCCc1cc(Br)ccc1F)NC1CC1. The Balaban J connectivity index is 1.64. The van der Waals surface area contributed by atoms with Crippen LogP contribution in [0.1, 0.15) is 18.4 Å². The predicted molar refractivity (Wildman–Crippen MR) is 80.4 cm³/mol. The topological polar surface area (TPSA) is 70.2 Å². The molecule has 1 saturated carbocycles. The molecule has 0 unspecified atom stereocenters. The van der Waals surface area contributed by atoms with Crippen LogP contribution in [0.2, 0.25) is 0 Å². The van der Waals surface area contributed by atoms with Crippen LogP contribution in [0.5, 0.6) is 0 Å². The number of carbonyl (C=O) groups is 2. The summed E-state index contributed by atoms with van der Waals surface area (Å²) in [7, 11) is 0. The fraction of sp³-hybridized carbons (Fsp3) is 0.429. The maximum Gasteiger partial charge on any atom is 0.315 e. The first kappa shape index (κ1) is 15.8. The van der Waals surface area contributed by atoms with Crippen molar-refractivity contribution in [1.82, 2.24) is 16.0 Å². The minimum absolute atomic E-state index is 0.0480. The molecule has 114 valence electrons. The van der Waals surface area contributed by atoms with Gasteiger partial charge in [-0.2, -0.15) is 0 Å². The van der Waals surface area contributed by atoms with E-state index in [-0.39, 0.29) is 24.3 Å². The van der Waals surface area contributed by atoms with Crippen LogP contribution in [-0.4, -0.2) is 31.1 Å². The van der Waals surface area contributed by atoms with E-state index in [1.54, 1.807) is 12.1 Å². The summed E-state index contributed by atoms with van der Waals surface area (Å²) in [6.07, 6.45) is 2.40. The molecule has 5 nitrogen and oxygen atoms in total. The maximum absolute atomic E-state index is 13.5. The third-order valence-corrected chi connectivity index (χ3v) is 3.53. The van der Waals surface area contributed by atoms with E-state index in [1.165, 1.54) is 6.07 Å². The Morgan fingerprint density at radius 1 is 1.29 bits per heavy atom. The average Bonchev–Trinajstić information content (AvgIpc) is 3.24. The molecule has 1 aliphatic carbocycles. The summed E-state index contributed by atoms with van der Waals surface area (Å²) in [5, 5.41) is 7.82. The number of urea groups is 1. The minimum atomic E-state index is -0.434. The van der Waals surface area contributed by atoms with Crippen LogP contribution in [0.15, 0.2) is 22.7 Å². The van der Waals surface area contributed by atoms with Crippen LogP contribution in [0.3, 0.4) is 0 Å². The molecule has 0 radical (unpaired) electrons. The van der Waals surface area contributed by atoms with Crippen molar-refractivity contribution in [1.29, 1.82) is 0 Å².